The minimum Gasteiger partial charge on any atom is -0.496 e. The van der Waals surface area contributed by atoms with Gasteiger partial charge in [0.2, 0.25) is 0 Å². The molecule has 1 amide bonds. The number of rotatable bonds is 4. The molecule has 1 N–H and O–H groups in total. The van der Waals surface area contributed by atoms with E-state index in [0.717, 1.165) is 5.56 Å². The van der Waals surface area contributed by atoms with Crippen LogP contribution in [0.3, 0.4) is 0 Å². The monoisotopic (exact) mass is 272 g/mol. The van der Waals surface area contributed by atoms with E-state index < -0.39 is 0 Å². The maximum atomic E-state index is 12.3. The van der Waals surface area contributed by atoms with Crippen molar-refractivity contribution in [3.05, 3.63) is 47.7 Å². The smallest absolute Gasteiger partial charge is 0.264 e. The van der Waals surface area contributed by atoms with Gasteiger partial charge in [0, 0.05) is 6.20 Å². The normalized spacial score (nSPS) is 9.95. The molecule has 0 aliphatic rings. The number of hydrogen-bond donors (Lipinski definition) is 1. The molecule has 0 bridgehead atoms. The SMILES string of the molecule is COc1cccc(OC)c1C(=O)Nc1ccc(C)cn1. The first-order chi connectivity index (χ1) is 9.65. The van der Waals surface area contributed by atoms with Crippen molar-refractivity contribution >= 4 is 11.7 Å². The summed E-state index contributed by atoms with van der Waals surface area (Å²) in [7, 11) is 3.02. The highest BCUT2D eigenvalue weighted by molar-refractivity contribution is 6.07. The highest BCUT2D eigenvalue weighted by atomic mass is 16.5. The molecule has 5 nitrogen and oxygen atoms in total. The number of methoxy groups -OCH3 is 2. The van der Waals surface area contributed by atoms with Gasteiger partial charge < -0.3 is 14.8 Å². The van der Waals surface area contributed by atoms with Crippen LogP contribution in [0.25, 0.3) is 0 Å². The summed E-state index contributed by atoms with van der Waals surface area (Å²) in [5, 5.41) is 2.72. The van der Waals surface area contributed by atoms with Crippen molar-refractivity contribution in [2.24, 2.45) is 0 Å². The van der Waals surface area contributed by atoms with Gasteiger partial charge in [-0.1, -0.05) is 12.1 Å². The zero-order valence-corrected chi connectivity index (χ0v) is 11.6. The Morgan fingerprint density at radius 3 is 2.25 bits per heavy atom. The Hall–Kier alpha value is -2.56. The summed E-state index contributed by atoms with van der Waals surface area (Å²) in [6.07, 6.45) is 1.69. The molecule has 0 unspecified atom stereocenters. The second kappa shape index (κ2) is 6.06. The predicted molar refractivity (Wildman–Crippen MR) is 76.5 cm³/mol. The molecule has 0 aliphatic carbocycles. The summed E-state index contributed by atoms with van der Waals surface area (Å²) in [5.41, 5.74) is 1.37. The van der Waals surface area contributed by atoms with Crippen molar-refractivity contribution in [3.8, 4) is 11.5 Å². The molecule has 0 atom stereocenters. The molecular weight excluding hydrogens is 256 g/mol. The molecule has 0 saturated carbocycles. The van der Waals surface area contributed by atoms with Gasteiger partial charge in [-0.15, -0.1) is 0 Å². The third-order valence-electron chi connectivity index (χ3n) is 2.81. The summed E-state index contributed by atoms with van der Waals surface area (Å²) >= 11 is 0. The van der Waals surface area contributed by atoms with E-state index in [1.165, 1.54) is 14.2 Å². The Bertz CT molecular complexity index is 587. The van der Waals surface area contributed by atoms with E-state index in [-0.39, 0.29) is 5.91 Å². The number of anilines is 1. The second-order valence-corrected chi connectivity index (χ2v) is 4.21. The number of nitrogens with zero attached hydrogens (tertiary/aromatic N) is 1. The van der Waals surface area contributed by atoms with Gasteiger partial charge in [0.15, 0.2) is 0 Å². The highest BCUT2D eigenvalue weighted by Crippen LogP contribution is 2.28. The van der Waals surface area contributed by atoms with Crippen LogP contribution in [0, 0.1) is 6.92 Å². The van der Waals surface area contributed by atoms with Crippen LogP contribution in [0.2, 0.25) is 0 Å². The first-order valence-corrected chi connectivity index (χ1v) is 6.10. The number of pyridine rings is 1. The Morgan fingerprint density at radius 2 is 1.75 bits per heavy atom. The maximum absolute atomic E-state index is 12.3. The average Bonchev–Trinajstić information content (AvgIpc) is 2.48. The van der Waals surface area contributed by atoms with E-state index >= 15 is 0 Å². The molecule has 5 heteroatoms. The molecular formula is C15H16N2O3. The first kappa shape index (κ1) is 13.9. The van der Waals surface area contributed by atoms with Crippen LogP contribution < -0.4 is 14.8 Å². The molecule has 0 fully saturated rings. The second-order valence-electron chi connectivity index (χ2n) is 4.21. The van der Waals surface area contributed by atoms with Crippen LogP contribution in [0.1, 0.15) is 15.9 Å². The van der Waals surface area contributed by atoms with E-state index in [9.17, 15) is 4.79 Å². The van der Waals surface area contributed by atoms with Gasteiger partial charge in [-0.3, -0.25) is 4.79 Å². The Labute approximate surface area is 117 Å². The number of amides is 1. The fraction of sp³-hybridized carbons (Fsp3) is 0.200. The zero-order chi connectivity index (χ0) is 14.5. The molecule has 2 rings (SSSR count). The van der Waals surface area contributed by atoms with Crippen molar-refractivity contribution in [2.45, 2.75) is 6.92 Å². The van der Waals surface area contributed by atoms with Gasteiger partial charge in [0.05, 0.1) is 14.2 Å². The number of carbonyl (C=O) groups is 1. The number of hydrogen-bond acceptors (Lipinski definition) is 4. The quantitative estimate of drug-likeness (QED) is 0.929. The van der Waals surface area contributed by atoms with Gasteiger partial charge in [-0.05, 0) is 30.7 Å². The van der Waals surface area contributed by atoms with Gasteiger partial charge in [-0.2, -0.15) is 0 Å². The number of aromatic nitrogens is 1. The van der Waals surface area contributed by atoms with Crippen LogP contribution in [-0.4, -0.2) is 25.1 Å². The Morgan fingerprint density at radius 1 is 1.10 bits per heavy atom. The minimum atomic E-state index is -0.323. The lowest BCUT2D eigenvalue weighted by Crippen LogP contribution is -2.15. The van der Waals surface area contributed by atoms with Crippen molar-refractivity contribution in [1.82, 2.24) is 4.98 Å². The summed E-state index contributed by atoms with van der Waals surface area (Å²) in [4.78, 5) is 16.5. The Balaban J connectivity index is 2.31. The summed E-state index contributed by atoms with van der Waals surface area (Å²) < 4.78 is 10.4. The Kier molecular flexibility index (Phi) is 4.20. The third kappa shape index (κ3) is 2.88. The molecule has 1 aromatic heterocycles. The molecule has 0 aliphatic heterocycles. The van der Waals surface area contributed by atoms with Crippen molar-refractivity contribution < 1.29 is 14.3 Å². The fourth-order valence-electron chi connectivity index (χ4n) is 1.80. The van der Waals surface area contributed by atoms with Crippen LogP contribution in [0.4, 0.5) is 5.82 Å². The maximum Gasteiger partial charge on any atom is 0.264 e. The lowest BCUT2D eigenvalue weighted by Gasteiger charge is -2.12. The minimum absolute atomic E-state index is 0.323. The van der Waals surface area contributed by atoms with Gasteiger partial charge >= 0.3 is 0 Å². The number of benzene rings is 1. The zero-order valence-electron chi connectivity index (χ0n) is 11.6. The lowest BCUT2D eigenvalue weighted by atomic mass is 10.1. The van der Waals surface area contributed by atoms with Crippen LogP contribution in [-0.2, 0) is 0 Å². The average molecular weight is 272 g/mol. The molecule has 0 saturated heterocycles. The van der Waals surface area contributed by atoms with E-state index in [4.69, 9.17) is 9.47 Å². The van der Waals surface area contributed by atoms with Crippen LogP contribution >= 0.6 is 0 Å². The molecule has 0 spiro atoms. The largest absolute Gasteiger partial charge is 0.496 e. The summed E-state index contributed by atoms with van der Waals surface area (Å²) in [6, 6.07) is 8.80. The van der Waals surface area contributed by atoms with Gasteiger partial charge in [0.1, 0.15) is 22.9 Å². The van der Waals surface area contributed by atoms with E-state index in [1.807, 2.05) is 13.0 Å². The standard InChI is InChI=1S/C15H16N2O3/c1-10-7-8-13(16-9-10)17-15(18)14-11(19-2)5-4-6-12(14)20-3/h4-9H,1-3H3,(H,16,17,18). The van der Waals surface area contributed by atoms with Gasteiger partial charge in [-0.25, -0.2) is 4.98 Å². The predicted octanol–water partition coefficient (Wildman–Crippen LogP) is 2.66. The summed E-state index contributed by atoms with van der Waals surface area (Å²) in [6.45, 7) is 1.93. The van der Waals surface area contributed by atoms with E-state index in [2.05, 4.69) is 10.3 Å². The van der Waals surface area contributed by atoms with Crippen molar-refractivity contribution in [2.75, 3.05) is 19.5 Å². The van der Waals surface area contributed by atoms with Crippen molar-refractivity contribution in [3.63, 3.8) is 0 Å². The third-order valence-corrected chi connectivity index (χ3v) is 2.81. The molecule has 1 aromatic carbocycles. The molecule has 20 heavy (non-hydrogen) atoms. The first-order valence-electron chi connectivity index (χ1n) is 6.10. The molecule has 1 heterocycles. The number of nitrogens with one attached hydrogen (secondary N) is 1. The van der Waals surface area contributed by atoms with Crippen molar-refractivity contribution in [1.29, 1.82) is 0 Å². The number of aryl methyl sites for hydroxylation is 1. The van der Waals surface area contributed by atoms with Gasteiger partial charge in [0.25, 0.3) is 5.91 Å². The van der Waals surface area contributed by atoms with Crippen LogP contribution in [0.5, 0.6) is 11.5 Å². The molecule has 2 aromatic rings. The highest BCUT2D eigenvalue weighted by Gasteiger charge is 2.18. The molecule has 0 radical (unpaired) electrons. The number of carbonyl (C=O) groups excluding carboxylic acids is 1. The van der Waals surface area contributed by atoms with E-state index in [1.54, 1.807) is 30.5 Å². The fourth-order valence-corrected chi connectivity index (χ4v) is 1.80. The van der Waals surface area contributed by atoms with Crippen LogP contribution in [0.15, 0.2) is 36.5 Å². The number of ether oxygens (including phenoxy) is 2. The summed E-state index contributed by atoms with van der Waals surface area (Å²) in [5.74, 6) is 1.06. The lowest BCUT2D eigenvalue weighted by molar-refractivity contribution is 0.102. The topological polar surface area (TPSA) is 60.5 Å². The molecule has 104 valence electrons. The van der Waals surface area contributed by atoms with E-state index in [0.29, 0.717) is 22.9 Å².